The van der Waals surface area contributed by atoms with Gasteiger partial charge in [-0.05, 0) is 18.8 Å². The van der Waals surface area contributed by atoms with Gasteiger partial charge in [0.25, 0.3) is 5.91 Å². The van der Waals surface area contributed by atoms with Crippen molar-refractivity contribution in [1.29, 1.82) is 0 Å². The Kier molecular flexibility index (Phi) is 3.01. The van der Waals surface area contributed by atoms with Crippen LogP contribution in [-0.2, 0) is 6.42 Å². The number of rotatable bonds is 1. The Morgan fingerprint density at radius 3 is 2.61 bits per heavy atom. The SMILES string of the molecule is Cc1c(C(=O)N(C)C)oc2c1[C@H](O)CC(C)(C)C2. The zero-order chi connectivity index (χ0) is 13.7. The maximum atomic E-state index is 12.0. The van der Waals surface area contributed by atoms with Gasteiger partial charge in [-0.1, -0.05) is 13.8 Å². The van der Waals surface area contributed by atoms with Gasteiger partial charge >= 0.3 is 0 Å². The van der Waals surface area contributed by atoms with Crippen molar-refractivity contribution < 1.29 is 14.3 Å². The zero-order valence-electron chi connectivity index (χ0n) is 11.7. The second-order valence-electron chi connectivity index (χ2n) is 6.15. The Hall–Kier alpha value is -1.29. The first-order chi connectivity index (χ1) is 8.23. The van der Waals surface area contributed by atoms with E-state index < -0.39 is 6.10 Å². The molecule has 0 saturated heterocycles. The highest BCUT2D eigenvalue weighted by Gasteiger charge is 2.37. The van der Waals surface area contributed by atoms with Gasteiger partial charge in [0.15, 0.2) is 5.76 Å². The summed E-state index contributed by atoms with van der Waals surface area (Å²) in [5.41, 5.74) is 1.61. The van der Waals surface area contributed by atoms with Crippen molar-refractivity contribution in [2.24, 2.45) is 5.41 Å². The van der Waals surface area contributed by atoms with Gasteiger partial charge in [0.2, 0.25) is 0 Å². The Balaban J connectivity index is 2.49. The summed E-state index contributed by atoms with van der Waals surface area (Å²) in [6, 6.07) is 0. The van der Waals surface area contributed by atoms with Crippen LogP contribution in [0.25, 0.3) is 0 Å². The molecule has 1 amide bonds. The highest BCUT2D eigenvalue weighted by molar-refractivity contribution is 5.93. The molecule has 1 heterocycles. The molecular weight excluding hydrogens is 230 g/mol. The van der Waals surface area contributed by atoms with Crippen molar-refractivity contribution in [2.75, 3.05) is 14.1 Å². The molecule has 4 heteroatoms. The number of fused-ring (bicyclic) bond motifs is 1. The third-order valence-electron chi connectivity index (χ3n) is 3.59. The van der Waals surface area contributed by atoms with E-state index in [0.717, 1.165) is 23.3 Å². The van der Waals surface area contributed by atoms with Gasteiger partial charge < -0.3 is 14.4 Å². The largest absolute Gasteiger partial charge is 0.455 e. The van der Waals surface area contributed by atoms with Gasteiger partial charge in [0, 0.05) is 31.6 Å². The summed E-state index contributed by atoms with van der Waals surface area (Å²) < 4.78 is 5.71. The first-order valence-corrected chi connectivity index (χ1v) is 6.25. The fourth-order valence-electron chi connectivity index (χ4n) is 2.69. The smallest absolute Gasteiger partial charge is 0.289 e. The molecule has 2 rings (SSSR count). The van der Waals surface area contributed by atoms with E-state index in [0.29, 0.717) is 12.2 Å². The number of amides is 1. The van der Waals surface area contributed by atoms with Crippen LogP contribution in [0.2, 0.25) is 0 Å². The molecule has 0 bridgehead atoms. The summed E-state index contributed by atoms with van der Waals surface area (Å²) in [6.45, 7) is 6.05. The Morgan fingerprint density at radius 1 is 1.44 bits per heavy atom. The number of hydrogen-bond acceptors (Lipinski definition) is 3. The van der Waals surface area contributed by atoms with Crippen LogP contribution < -0.4 is 0 Å². The first-order valence-electron chi connectivity index (χ1n) is 6.25. The zero-order valence-corrected chi connectivity index (χ0v) is 11.7. The minimum atomic E-state index is -0.531. The van der Waals surface area contributed by atoms with E-state index in [-0.39, 0.29) is 11.3 Å². The molecule has 0 spiro atoms. The molecule has 18 heavy (non-hydrogen) atoms. The van der Waals surface area contributed by atoms with E-state index >= 15 is 0 Å². The molecule has 1 atom stereocenters. The number of aliphatic hydroxyl groups excluding tert-OH is 1. The minimum absolute atomic E-state index is 0.00907. The number of carbonyl (C=O) groups is 1. The summed E-state index contributed by atoms with van der Waals surface area (Å²) in [5.74, 6) is 0.982. The Labute approximate surface area is 108 Å². The van der Waals surface area contributed by atoms with E-state index in [1.165, 1.54) is 4.90 Å². The second kappa shape index (κ2) is 4.12. The standard InChI is InChI=1S/C14H21NO3/c1-8-11-9(16)6-14(2,3)7-10(11)18-12(8)13(17)15(4)5/h9,16H,6-7H2,1-5H3/t9-/m1/s1. The molecule has 0 aliphatic heterocycles. The molecule has 0 fully saturated rings. The molecule has 0 aromatic carbocycles. The summed E-state index contributed by atoms with van der Waals surface area (Å²) in [7, 11) is 3.40. The van der Waals surface area contributed by atoms with Crippen molar-refractivity contribution in [3.8, 4) is 0 Å². The highest BCUT2D eigenvalue weighted by atomic mass is 16.4. The van der Waals surface area contributed by atoms with Crippen molar-refractivity contribution in [3.63, 3.8) is 0 Å². The van der Waals surface area contributed by atoms with Crippen molar-refractivity contribution in [2.45, 2.75) is 39.7 Å². The van der Waals surface area contributed by atoms with Gasteiger partial charge in [0.1, 0.15) is 5.76 Å². The van der Waals surface area contributed by atoms with Crippen LogP contribution in [0, 0.1) is 12.3 Å². The maximum absolute atomic E-state index is 12.0. The van der Waals surface area contributed by atoms with Crippen molar-refractivity contribution in [3.05, 3.63) is 22.6 Å². The predicted octanol–water partition coefficient (Wildman–Crippen LogP) is 2.30. The number of nitrogens with zero attached hydrogens (tertiary/aromatic N) is 1. The summed E-state index contributed by atoms with van der Waals surface area (Å²) in [4.78, 5) is 13.5. The topological polar surface area (TPSA) is 53.7 Å². The molecule has 100 valence electrons. The summed E-state index contributed by atoms with van der Waals surface area (Å²) >= 11 is 0. The lowest BCUT2D eigenvalue weighted by atomic mass is 9.75. The van der Waals surface area contributed by atoms with Gasteiger partial charge in [0.05, 0.1) is 6.10 Å². The fourth-order valence-corrected chi connectivity index (χ4v) is 2.69. The fraction of sp³-hybridized carbons (Fsp3) is 0.643. The van der Waals surface area contributed by atoms with Gasteiger partial charge in [-0.2, -0.15) is 0 Å². The number of aliphatic hydroxyl groups is 1. The molecule has 0 radical (unpaired) electrons. The molecular formula is C14H21NO3. The van der Waals surface area contributed by atoms with Crippen LogP contribution in [0.4, 0.5) is 0 Å². The minimum Gasteiger partial charge on any atom is -0.455 e. The lowest BCUT2D eigenvalue weighted by molar-refractivity contribution is 0.0782. The third kappa shape index (κ3) is 2.05. The van der Waals surface area contributed by atoms with Crippen LogP contribution in [0.1, 0.15) is 53.8 Å². The van der Waals surface area contributed by atoms with Crippen LogP contribution >= 0.6 is 0 Å². The van der Waals surface area contributed by atoms with Gasteiger partial charge in [-0.25, -0.2) is 0 Å². The van der Waals surface area contributed by atoms with Crippen molar-refractivity contribution >= 4 is 5.91 Å². The van der Waals surface area contributed by atoms with Gasteiger partial charge in [-0.15, -0.1) is 0 Å². The Bertz CT molecular complexity index is 485. The van der Waals surface area contributed by atoms with Crippen LogP contribution in [-0.4, -0.2) is 30.0 Å². The molecule has 1 aliphatic rings. The van der Waals surface area contributed by atoms with E-state index in [1.54, 1.807) is 14.1 Å². The molecule has 0 saturated carbocycles. The molecule has 1 N–H and O–H groups in total. The average Bonchev–Trinajstić information content (AvgIpc) is 2.52. The van der Waals surface area contributed by atoms with E-state index in [1.807, 2.05) is 6.92 Å². The molecule has 4 nitrogen and oxygen atoms in total. The summed E-state index contributed by atoms with van der Waals surface area (Å²) in [6.07, 6.45) is 0.938. The molecule has 1 aliphatic carbocycles. The monoisotopic (exact) mass is 251 g/mol. The normalized spacial score (nSPS) is 21.6. The van der Waals surface area contributed by atoms with E-state index in [4.69, 9.17) is 4.42 Å². The maximum Gasteiger partial charge on any atom is 0.289 e. The van der Waals surface area contributed by atoms with Crippen LogP contribution in [0.3, 0.4) is 0 Å². The molecule has 1 aromatic heterocycles. The first kappa shape index (κ1) is 13.1. The number of hydrogen-bond donors (Lipinski definition) is 1. The lowest BCUT2D eigenvalue weighted by Crippen LogP contribution is -2.25. The predicted molar refractivity (Wildman–Crippen MR) is 68.5 cm³/mol. The number of carbonyl (C=O) groups excluding carboxylic acids is 1. The van der Waals surface area contributed by atoms with Gasteiger partial charge in [-0.3, -0.25) is 4.79 Å². The van der Waals surface area contributed by atoms with E-state index in [9.17, 15) is 9.90 Å². The number of furan rings is 1. The van der Waals surface area contributed by atoms with Crippen LogP contribution in [0.5, 0.6) is 0 Å². The quantitative estimate of drug-likeness (QED) is 0.833. The summed E-state index contributed by atoms with van der Waals surface area (Å²) in [5, 5.41) is 10.2. The lowest BCUT2D eigenvalue weighted by Gasteiger charge is -2.31. The molecule has 0 unspecified atom stereocenters. The van der Waals surface area contributed by atoms with Crippen LogP contribution in [0.15, 0.2) is 4.42 Å². The van der Waals surface area contributed by atoms with E-state index in [2.05, 4.69) is 13.8 Å². The average molecular weight is 251 g/mol. The second-order valence-corrected chi connectivity index (χ2v) is 6.15. The third-order valence-corrected chi connectivity index (χ3v) is 3.59. The van der Waals surface area contributed by atoms with Crippen molar-refractivity contribution in [1.82, 2.24) is 4.90 Å². The highest BCUT2D eigenvalue weighted by Crippen LogP contribution is 2.43. The Morgan fingerprint density at radius 2 is 2.06 bits per heavy atom. The molecule has 1 aromatic rings.